The lowest BCUT2D eigenvalue weighted by molar-refractivity contribution is -0.149. The number of aliphatic carboxylic acids is 1. The van der Waals surface area contributed by atoms with E-state index in [2.05, 4.69) is 10.6 Å². The molecule has 0 spiro atoms. The second kappa shape index (κ2) is 10.0. The number of rotatable bonds is 9. The van der Waals surface area contributed by atoms with Gasteiger partial charge in [0.25, 0.3) is 0 Å². The molecule has 1 aliphatic rings. The van der Waals surface area contributed by atoms with Crippen molar-refractivity contribution in [2.45, 2.75) is 24.4 Å². The standard InChI is InChI=1S/C24H29N3O6/c1-24(14-28,22(30)31)26-21(29)20(12-27(2)3)25-23(32)33-13-19-17-10-6-4-8-15(17)16-9-5-7-11-18(16)19/h4-11,19-20,28H,12-14H2,1-3H3,(H,25,32)(H,26,29)(H,30,31)/t20-,24?/m0/s1. The summed E-state index contributed by atoms with van der Waals surface area (Å²) in [6.45, 7) is 0.581. The molecule has 2 aromatic rings. The average Bonchev–Trinajstić information content (AvgIpc) is 3.10. The molecular formula is C24H29N3O6. The molecule has 0 fully saturated rings. The summed E-state index contributed by atoms with van der Waals surface area (Å²) in [5, 5.41) is 23.5. The maximum absolute atomic E-state index is 12.7. The van der Waals surface area contributed by atoms with Crippen LogP contribution in [0.4, 0.5) is 4.79 Å². The van der Waals surface area contributed by atoms with Gasteiger partial charge in [-0.25, -0.2) is 9.59 Å². The Morgan fingerprint density at radius 2 is 1.61 bits per heavy atom. The fourth-order valence-corrected chi connectivity index (χ4v) is 3.86. The first-order valence-corrected chi connectivity index (χ1v) is 10.6. The monoisotopic (exact) mass is 455 g/mol. The first-order chi connectivity index (χ1) is 15.7. The van der Waals surface area contributed by atoms with Crippen LogP contribution < -0.4 is 10.6 Å². The predicted molar refractivity (Wildman–Crippen MR) is 122 cm³/mol. The number of aliphatic hydroxyl groups excluding tert-OH is 1. The van der Waals surface area contributed by atoms with Crippen LogP contribution in [0.15, 0.2) is 48.5 Å². The number of alkyl carbamates (subject to hydrolysis) is 1. The fraction of sp³-hybridized carbons (Fsp3) is 0.375. The molecule has 4 N–H and O–H groups in total. The summed E-state index contributed by atoms with van der Waals surface area (Å²) in [4.78, 5) is 38.4. The van der Waals surface area contributed by atoms with Gasteiger partial charge >= 0.3 is 12.1 Å². The number of aliphatic hydroxyl groups is 1. The Kier molecular flexibility index (Phi) is 7.35. The zero-order valence-corrected chi connectivity index (χ0v) is 18.9. The number of carbonyl (C=O) groups excluding carboxylic acids is 2. The number of carboxylic acid groups (broad SMARTS) is 1. The van der Waals surface area contributed by atoms with Gasteiger partial charge in [0.05, 0.1) is 6.61 Å². The zero-order chi connectivity index (χ0) is 24.2. The fourth-order valence-electron chi connectivity index (χ4n) is 3.86. The minimum absolute atomic E-state index is 0.0830. The topological polar surface area (TPSA) is 128 Å². The number of fused-ring (bicyclic) bond motifs is 3. The van der Waals surface area contributed by atoms with Crippen LogP contribution in [-0.4, -0.2) is 78.5 Å². The number of nitrogens with one attached hydrogen (secondary N) is 2. The molecule has 0 aromatic heterocycles. The number of hydrogen-bond acceptors (Lipinski definition) is 6. The van der Waals surface area contributed by atoms with Gasteiger partial charge in [-0.05, 0) is 43.3 Å². The van der Waals surface area contributed by atoms with Gasteiger partial charge in [0.1, 0.15) is 12.6 Å². The van der Waals surface area contributed by atoms with Crippen LogP contribution in [0.25, 0.3) is 11.1 Å². The Hall–Kier alpha value is -3.43. The van der Waals surface area contributed by atoms with Gasteiger partial charge in [0.2, 0.25) is 5.91 Å². The van der Waals surface area contributed by atoms with E-state index in [1.165, 1.54) is 6.92 Å². The molecular weight excluding hydrogens is 426 g/mol. The van der Waals surface area contributed by atoms with Crippen LogP contribution in [0, 0.1) is 0 Å². The number of ether oxygens (including phenoxy) is 1. The van der Waals surface area contributed by atoms with Crippen molar-refractivity contribution in [1.82, 2.24) is 15.5 Å². The van der Waals surface area contributed by atoms with Gasteiger partial charge < -0.3 is 30.5 Å². The van der Waals surface area contributed by atoms with Gasteiger partial charge in [-0.2, -0.15) is 0 Å². The van der Waals surface area contributed by atoms with Crippen LogP contribution in [0.3, 0.4) is 0 Å². The van der Waals surface area contributed by atoms with Crippen LogP contribution in [0.5, 0.6) is 0 Å². The number of hydrogen-bond donors (Lipinski definition) is 4. The van der Waals surface area contributed by atoms with E-state index in [9.17, 15) is 24.6 Å². The highest BCUT2D eigenvalue weighted by molar-refractivity contribution is 5.91. The molecule has 2 atom stereocenters. The summed E-state index contributed by atoms with van der Waals surface area (Å²) >= 11 is 0. The molecule has 9 heteroatoms. The van der Waals surface area contributed by atoms with Gasteiger partial charge in [-0.15, -0.1) is 0 Å². The lowest BCUT2D eigenvalue weighted by Crippen LogP contribution is -2.61. The third-order valence-corrected chi connectivity index (χ3v) is 5.69. The molecule has 1 aliphatic carbocycles. The molecule has 2 amide bonds. The SMILES string of the molecule is CN(C)C[C@H](NC(=O)OCC1c2ccccc2-c2ccccc21)C(=O)NC(C)(CO)C(=O)O. The van der Waals surface area contributed by atoms with Crippen molar-refractivity contribution in [3.63, 3.8) is 0 Å². The molecule has 0 saturated heterocycles. The van der Waals surface area contributed by atoms with Crippen LogP contribution in [0.2, 0.25) is 0 Å². The minimum Gasteiger partial charge on any atom is -0.479 e. The van der Waals surface area contributed by atoms with Crippen LogP contribution in [-0.2, 0) is 14.3 Å². The Bertz CT molecular complexity index is 995. The quantitative estimate of drug-likeness (QED) is 0.450. The second-order valence-electron chi connectivity index (χ2n) is 8.57. The van der Waals surface area contributed by atoms with Crippen molar-refractivity contribution in [1.29, 1.82) is 0 Å². The highest BCUT2D eigenvalue weighted by Crippen LogP contribution is 2.44. The molecule has 2 aromatic carbocycles. The highest BCUT2D eigenvalue weighted by Gasteiger charge is 2.37. The summed E-state index contributed by atoms with van der Waals surface area (Å²) in [6.07, 6.45) is -0.792. The summed E-state index contributed by atoms with van der Waals surface area (Å²) in [5.74, 6) is -2.26. The van der Waals surface area contributed by atoms with Gasteiger partial charge in [0.15, 0.2) is 5.54 Å². The van der Waals surface area contributed by atoms with E-state index < -0.39 is 36.2 Å². The summed E-state index contributed by atoms with van der Waals surface area (Å²) in [6, 6.07) is 14.8. The van der Waals surface area contributed by atoms with E-state index in [1.54, 1.807) is 19.0 Å². The Morgan fingerprint density at radius 3 is 2.09 bits per heavy atom. The minimum atomic E-state index is -1.87. The average molecular weight is 456 g/mol. The molecule has 0 bridgehead atoms. The van der Waals surface area contributed by atoms with E-state index >= 15 is 0 Å². The largest absolute Gasteiger partial charge is 0.479 e. The van der Waals surface area contributed by atoms with E-state index in [1.807, 2.05) is 48.5 Å². The first kappa shape index (κ1) is 24.2. The van der Waals surface area contributed by atoms with Crippen molar-refractivity contribution in [2.75, 3.05) is 33.9 Å². The number of carbonyl (C=O) groups is 3. The molecule has 0 aliphatic heterocycles. The molecule has 0 saturated carbocycles. The van der Waals surface area contributed by atoms with E-state index in [-0.39, 0.29) is 19.1 Å². The van der Waals surface area contributed by atoms with Crippen LogP contribution in [0.1, 0.15) is 24.0 Å². The summed E-state index contributed by atoms with van der Waals surface area (Å²) in [7, 11) is 3.42. The number of likely N-dealkylation sites (N-methyl/N-ethyl adjacent to an activating group) is 1. The van der Waals surface area contributed by atoms with Crippen molar-refractivity contribution < 1.29 is 29.3 Å². The lowest BCUT2D eigenvalue weighted by atomic mass is 9.98. The number of nitrogens with zero attached hydrogens (tertiary/aromatic N) is 1. The van der Waals surface area contributed by atoms with Crippen molar-refractivity contribution in [2.24, 2.45) is 0 Å². The molecule has 9 nitrogen and oxygen atoms in total. The number of carboxylic acids is 1. The summed E-state index contributed by atoms with van der Waals surface area (Å²) in [5.41, 5.74) is 2.46. The molecule has 0 heterocycles. The third-order valence-electron chi connectivity index (χ3n) is 5.69. The van der Waals surface area contributed by atoms with Crippen molar-refractivity contribution in [3.8, 4) is 11.1 Å². The van der Waals surface area contributed by atoms with Crippen molar-refractivity contribution in [3.05, 3.63) is 59.7 Å². The first-order valence-electron chi connectivity index (χ1n) is 10.6. The van der Waals surface area contributed by atoms with Gasteiger partial charge in [0, 0.05) is 12.5 Å². The Morgan fingerprint density at radius 1 is 1.06 bits per heavy atom. The molecule has 33 heavy (non-hydrogen) atoms. The molecule has 1 unspecified atom stereocenters. The van der Waals surface area contributed by atoms with E-state index in [4.69, 9.17) is 4.74 Å². The van der Waals surface area contributed by atoms with Gasteiger partial charge in [-0.3, -0.25) is 4.79 Å². The normalized spacial score (nSPS) is 15.2. The second-order valence-corrected chi connectivity index (χ2v) is 8.57. The zero-order valence-electron chi connectivity index (χ0n) is 18.9. The molecule has 176 valence electrons. The maximum atomic E-state index is 12.7. The molecule has 3 rings (SSSR count). The number of benzene rings is 2. The smallest absolute Gasteiger partial charge is 0.407 e. The Labute approximate surface area is 192 Å². The maximum Gasteiger partial charge on any atom is 0.407 e. The third kappa shape index (κ3) is 5.32. The number of amides is 2. The van der Waals surface area contributed by atoms with Crippen molar-refractivity contribution >= 4 is 18.0 Å². The van der Waals surface area contributed by atoms with Gasteiger partial charge in [-0.1, -0.05) is 48.5 Å². The van der Waals surface area contributed by atoms with E-state index in [0.29, 0.717) is 0 Å². The Balaban J connectivity index is 1.69. The summed E-state index contributed by atoms with van der Waals surface area (Å²) < 4.78 is 5.49. The van der Waals surface area contributed by atoms with E-state index in [0.717, 1.165) is 22.3 Å². The highest BCUT2D eigenvalue weighted by atomic mass is 16.5. The molecule has 0 radical (unpaired) electrons. The predicted octanol–water partition coefficient (Wildman–Crippen LogP) is 1.41. The lowest BCUT2D eigenvalue weighted by Gasteiger charge is -2.28. The van der Waals surface area contributed by atoms with Crippen LogP contribution >= 0.6 is 0 Å².